The lowest BCUT2D eigenvalue weighted by atomic mass is 9.99. The summed E-state index contributed by atoms with van der Waals surface area (Å²) in [5, 5.41) is 20.3. The van der Waals surface area contributed by atoms with Crippen LogP contribution in [0.4, 0.5) is 0 Å². The molecule has 2 heterocycles. The summed E-state index contributed by atoms with van der Waals surface area (Å²) >= 11 is 6.47. The maximum Gasteiger partial charge on any atom is 0.292 e. The number of likely N-dealkylation sites (tertiary alicyclic amines) is 1. The van der Waals surface area contributed by atoms with Crippen LogP contribution in [0.1, 0.15) is 66.6 Å². The lowest BCUT2D eigenvalue weighted by Gasteiger charge is -2.28. The smallest absolute Gasteiger partial charge is 0.292 e. The van der Waals surface area contributed by atoms with Gasteiger partial charge in [-0.25, -0.2) is 0 Å². The molecule has 7 rings (SSSR count). The van der Waals surface area contributed by atoms with Gasteiger partial charge in [0.2, 0.25) is 5.78 Å². The van der Waals surface area contributed by atoms with E-state index in [2.05, 4.69) is 32.1 Å². The Morgan fingerprint density at radius 1 is 0.977 bits per heavy atom. The van der Waals surface area contributed by atoms with Crippen LogP contribution in [0.3, 0.4) is 0 Å². The minimum Gasteiger partial charge on any atom is -0.489 e. The number of ketones is 1. The molecule has 43 heavy (non-hydrogen) atoms. The van der Waals surface area contributed by atoms with E-state index in [9.17, 15) is 14.7 Å². The molecule has 1 amide bonds. The van der Waals surface area contributed by atoms with E-state index in [1.165, 1.54) is 0 Å². The van der Waals surface area contributed by atoms with Crippen molar-refractivity contribution < 1.29 is 19.4 Å². The highest BCUT2D eigenvalue weighted by atomic mass is 35.5. The molecule has 0 spiro atoms. The van der Waals surface area contributed by atoms with Crippen LogP contribution in [0.25, 0.3) is 22.0 Å². The van der Waals surface area contributed by atoms with E-state index in [1.807, 2.05) is 24.4 Å². The molecule has 2 atom stereocenters. The quantitative estimate of drug-likeness (QED) is 0.169. The van der Waals surface area contributed by atoms with E-state index in [0.717, 1.165) is 73.6 Å². The van der Waals surface area contributed by atoms with E-state index in [0.29, 0.717) is 34.5 Å². The largest absolute Gasteiger partial charge is 0.489 e. The van der Waals surface area contributed by atoms with Gasteiger partial charge in [0.15, 0.2) is 0 Å². The molecule has 3 aromatic carbocycles. The first-order valence-corrected chi connectivity index (χ1v) is 15.6. The number of carbonyl (C=O) groups excluding carboxylic acids is 2. The number of aliphatic hydroxyl groups excluding tert-OH is 1. The number of rotatable bonds is 11. The number of benzene rings is 3. The lowest BCUT2D eigenvalue weighted by Crippen LogP contribution is -2.48. The number of ether oxygens (including phenoxy) is 1. The van der Waals surface area contributed by atoms with E-state index in [1.54, 1.807) is 30.3 Å². The molecule has 8 nitrogen and oxygen atoms in total. The van der Waals surface area contributed by atoms with Gasteiger partial charge in [-0.05, 0) is 86.5 Å². The molecular weight excluding hydrogens is 564 g/mol. The number of carbonyl (C=O) groups is 2. The van der Waals surface area contributed by atoms with Crippen molar-refractivity contribution in [1.82, 2.24) is 20.0 Å². The molecule has 1 aromatic heterocycles. The van der Waals surface area contributed by atoms with Crippen LogP contribution in [0.2, 0.25) is 5.02 Å². The summed E-state index contributed by atoms with van der Waals surface area (Å²) < 4.78 is 7.93. The van der Waals surface area contributed by atoms with Crippen molar-refractivity contribution in [2.45, 2.75) is 62.8 Å². The van der Waals surface area contributed by atoms with E-state index < -0.39 is 23.8 Å². The zero-order valence-corrected chi connectivity index (χ0v) is 24.7. The number of Topliss-reactive ketones (excluding diaryl/α,β-unsaturated/α-hetero) is 1. The fourth-order valence-electron chi connectivity index (χ4n) is 5.87. The van der Waals surface area contributed by atoms with Crippen molar-refractivity contribution in [3.05, 3.63) is 83.0 Å². The zero-order chi connectivity index (χ0) is 29.5. The van der Waals surface area contributed by atoms with Gasteiger partial charge in [-0.1, -0.05) is 54.1 Å². The fourth-order valence-corrected chi connectivity index (χ4v) is 6.10. The number of fused-ring (bicyclic) bond motifs is 1. The summed E-state index contributed by atoms with van der Waals surface area (Å²) in [5.41, 5.74) is 3.95. The Morgan fingerprint density at radius 3 is 2.42 bits per heavy atom. The molecule has 1 saturated heterocycles. The van der Waals surface area contributed by atoms with E-state index in [4.69, 9.17) is 16.3 Å². The minimum absolute atomic E-state index is 0.205. The van der Waals surface area contributed by atoms with Gasteiger partial charge in [-0.2, -0.15) is 5.10 Å². The molecule has 3 aliphatic rings. The van der Waals surface area contributed by atoms with Gasteiger partial charge in [-0.15, -0.1) is 0 Å². The predicted octanol–water partition coefficient (Wildman–Crippen LogP) is 5.73. The number of amides is 1. The second kappa shape index (κ2) is 11.8. The van der Waals surface area contributed by atoms with Crippen molar-refractivity contribution >= 4 is 34.2 Å². The Balaban J connectivity index is 1.06. The molecule has 2 saturated carbocycles. The zero-order valence-electron chi connectivity index (χ0n) is 23.9. The lowest BCUT2D eigenvalue weighted by molar-refractivity contribution is -0.118. The Morgan fingerprint density at radius 2 is 1.72 bits per heavy atom. The molecule has 222 valence electrons. The molecule has 4 aromatic rings. The minimum atomic E-state index is -1.05. The number of hydrogen-bond donors (Lipinski definition) is 2. The third kappa shape index (κ3) is 6.18. The predicted molar refractivity (Wildman–Crippen MR) is 165 cm³/mol. The number of aliphatic hydroxyl groups is 1. The average molecular weight is 599 g/mol. The standard InChI is InChI=1S/C34H35ClN4O4/c35-28-17-24(9-14-31(28)43-27-12-13-27)32(40)29(20-38-15-1-2-16-38)37-34(42)33(41)22-5-3-21(4-6-22)23-7-8-25-19-36-39(26-10-11-26)30(25)18-23/h3-9,14,17-19,26-27,29,32,40H,1-2,10-13,15-16,20H2,(H,37,42)/t29-,32-/m1/s1. The molecule has 0 unspecified atom stereocenters. The summed E-state index contributed by atoms with van der Waals surface area (Å²) in [4.78, 5) is 28.7. The normalized spacial score (nSPS) is 18.5. The second-order valence-electron chi connectivity index (χ2n) is 12.0. The van der Waals surface area contributed by atoms with Crippen LogP contribution in [-0.4, -0.2) is 63.3 Å². The number of halogens is 1. The molecule has 3 fully saturated rings. The number of aromatic nitrogens is 2. The molecule has 1 aliphatic heterocycles. The van der Waals surface area contributed by atoms with Gasteiger partial charge in [0.25, 0.3) is 5.91 Å². The van der Waals surface area contributed by atoms with Gasteiger partial charge >= 0.3 is 0 Å². The third-order valence-electron chi connectivity index (χ3n) is 8.64. The molecular formula is C34H35ClN4O4. The topological polar surface area (TPSA) is 96.7 Å². The Bertz CT molecular complexity index is 1650. The van der Waals surface area contributed by atoms with Crippen LogP contribution in [-0.2, 0) is 4.79 Å². The Kier molecular flexibility index (Phi) is 7.67. The van der Waals surface area contributed by atoms with Crippen molar-refractivity contribution in [3.8, 4) is 16.9 Å². The first kappa shape index (κ1) is 28.1. The van der Waals surface area contributed by atoms with Crippen molar-refractivity contribution in [1.29, 1.82) is 0 Å². The highest BCUT2D eigenvalue weighted by molar-refractivity contribution is 6.42. The fraction of sp³-hybridized carbons (Fsp3) is 0.382. The van der Waals surface area contributed by atoms with Crippen LogP contribution in [0.15, 0.2) is 66.9 Å². The summed E-state index contributed by atoms with van der Waals surface area (Å²) in [7, 11) is 0. The highest BCUT2D eigenvalue weighted by Crippen LogP contribution is 2.38. The maximum absolute atomic E-state index is 13.2. The second-order valence-corrected chi connectivity index (χ2v) is 12.4. The Hall–Kier alpha value is -3.72. The van der Waals surface area contributed by atoms with E-state index >= 15 is 0 Å². The van der Waals surface area contributed by atoms with Crippen molar-refractivity contribution in [2.75, 3.05) is 19.6 Å². The van der Waals surface area contributed by atoms with Crippen LogP contribution in [0.5, 0.6) is 5.75 Å². The molecule has 0 radical (unpaired) electrons. The number of hydrogen-bond acceptors (Lipinski definition) is 6. The first-order chi connectivity index (χ1) is 20.9. The molecule has 2 aliphatic carbocycles. The monoisotopic (exact) mass is 598 g/mol. The summed E-state index contributed by atoms with van der Waals surface area (Å²) in [6.45, 7) is 2.20. The van der Waals surface area contributed by atoms with Gasteiger partial charge < -0.3 is 20.1 Å². The van der Waals surface area contributed by atoms with Gasteiger partial charge in [-0.3, -0.25) is 14.3 Å². The van der Waals surface area contributed by atoms with Crippen molar-refractivity contribution in [2.24, 2.45) is 0 Å². The van der Waals surface area contributed by atoms with Gasteiger partial charge in [0, 0.05) is 17.5 Å². The van der Waals surface area contributed by atoms with Crippen molar-refractivity contribution in [3.63, 3.8) is 0 Å². The SMILES string of the molecule is O=C(N[C@H](CN1CCCC1)[C@H](O)c1ccc(OC2CC2)c(Cl)c1)C(=O)c1ccc(-c2ccc3cnn(C4CC4)c3c2)cc1. The first-order valence-electron chi connectivity index (χ1n) is 15.2. The van der Waals surface area contributed by atoms with Crippen LogP contribution >= 0.6 is 11.6 Å². The molecule has 9 heteroatoms. The van der Waals surface area contributed by atoms with Crippen LogP contribution in [0, 0.1) is 0 Å². The number of nitrogens with zero attached hydrogens (tertiary/aromatic N) is 3. The summed E-state index contributed by atoms with van der Waals surface area (Å²) in [6.07, 6.45) is 7.54. The van der Waals surface area contributed by atoms with Gasteiger partial charge in [0.1, 0.15) is 11.9 Å². The number of nitrogens with one attached hydrogen (secondary N) is 1. The van der Waals surface area contributed by atoms with Gasteiger partial charge in [0.05, 0.1) is 34.9 Å². The van der Waals surface area contributed by atoms with E-state index in [-0.39, 0.29) is 6.10 Å². The Labute approximate surface area is 255 Å². The maximum atomic E-state index is 13.2. The summed E-state index contributed by atoms with van der Waals surface area (Å²) in [6, 6.07) is 18.3. The molecule has 2 N–H and O–H groups in total. The third-order valence-corrected chi connectivity index (χ3v) is 8.94. The summed E-state index contributed by atoms with van der Waals surface area (Å²) in [5.74, 6) is -0.795. The highest BCUT2D eigenvalue weighted by Gasteiger charge is 2.30. The molecule has 0 bridgehead atoms. The van der Waals surface area contributed by atoms with Crippen LogP contribution < -0.4 is 10.1 Å². The average Bonchev–Trinajstić information content (AvgIpc) is 3.95.